The van der Waals surface area contributed by atoms with Gasteiger partial charge in [-0.2, -0.15) is 0 Å². The average molecular weight is 345 g/mol. The van der Waals surface area contributed by atoms with Crippen LogP contribution in [0.5, 0.6) is 0 Å². The molecule has 0 spiro atoms. The fourth-order valence-corrected chi connectivity index (χ4v) is 3.09. The molecular formula is C20H15N3O3. The summed E-state index contributed by atoms with van der Waals surface area (Å²) in [5.41, 5.74) is 3.06. The molecule has 26 heavy (non-hydrogen) atoms. The number of pyridine rings is 1. The molecule has 0 saturated carbocycles. The summed E-state index contributed by atoms with van der Waals surface area (Å²) in [5.74, 6) is -1.33. The van der Waals surface area contributed by atoms with E-state index in [2.05, 4.69) is 10.3 Å². The highest BCUT2D eigenvalue weighted by Crippen LogP contribution is 2.24. The maximum atomic E-state index is 12.5. The molecule has 4 rings (SSSR count). The maximum Gasteiger partial charge on any atom is 0.262 e. The number of nitrogens with zero attached hydrogens (tertiary/aromatic N) is 2. The smallest absolute Gasteiger partial charge is 0.262 e. The molecule has 0 radical (unpaired) electrons. The molecule has 0 aliphatic carbocycles. The summed E-state index contributed by atoms with van der Waals surface area (Å²) in [6, 6.07) is 14.0. The lowest BCUT2D eigenvalue weighted by molar-refractivity contribution is -0.116. The van der Waals surface area contributed by atoms with Crippen LogP contribution in [0.2, 0.25) is 0 Å². The summed E-state index contributed by atoms with van der Waals surface area (Å²) in [6.45, 7) is 1.62. The van der Waals surface area contributed by atoms with E-state index in [1.54, 1.807) is 36.5 Å². The number of amides is 3. The van der Waals surface area contributed by atoms with Crippen LogP contribution in [0.4, 0.5) is 5.69 Å². The van der Waals surface area contributed by atoms with Crippen molar-refractivity contribution in [3.63, 3.8) is 0 Å². The zero-order valence-electron chi connectivity index (χ0n) is 14.0. The van der Waals surface area contributed by atoms with Gasteiger partial charge in [-0.05, 0) is 37.3 Å². The normalized spacial score (nSPS) is 13.2. The number of carbonyl (C=O) groups is 3. The van der Waals surface area contributed by atoms with E-state index in [1.165, 1.54) is 0 Å². The van der Waals surface area contributed by atoms with Gasteiger partial charge in [-0.3, -0.25) is 24.3 Å². The second-order valence-corrected chi connectivity index (χ2v) is 6.17. The highest BCUT2D eigenvalue weighted by Gasteiger charge is 2.36. The van der Waals surface area contributed by atoms with E-state index in [0.29, 0.717) is 16.8 Å². The van der Waals surface area contributed by atoms with Crippen molar-refractivity contribution < 1.29 is 14.4 Å². The predicted molar refractivity (Wildman–Crippen MR) is 96.9 cm³/mol. The first-order valence-electron chi connectivity index (χ1n) is 8.15. The Balaban J connectivity index is 1.57. The van der Waals surface area contributed by atoms with Crippen molar-refractivity contribution in [1.29, 1.82) is 0 Å². The van der Waals surface area contributed by atoms with Crippen molar-refractivity contribution in [1.82, 2.24) is 9.88 Å². The second kappa shape index (κ2) is 6.07. The molecule has 1 aliphatic rings. The summed E-state index contributed by atoms with van der Waals surface area (Å²) in [7, 11) is 0. The van der Waals surface area contributed by atoms with Crippen LogP contribution in [0.1, 0.15) is 26.3 Å². The lowest BCUT2D eigenvalue weighted by Crippen LogP contribution is -2.37. The summed E-state index contributed by atoms with van der Waals surface area (Å²) in [6.07, 6.45) is 1.61. The third-order valence-corrected chi connectivity index (χ3v) is 4.35. The molecule has 6 heteroatoms. The summed E-state index contributed by atoms with van der Waals surface area (Å²) >= 11 is 0. The lowest BCUT2D eigenvalue weighted by atomic mass is 10.1. The summed E-state index contributed by atoms with van der Waals surface area (Å²) in [5, 5.41) is 3.59. The highest BCUT2D eigenvalue weighted by molar-refractivity contribution is 6.22. The van der Waals surface area contributed by atoms with Gasteiger partial charge >= 0.3 is 0 Å². The average Bonchev–Trinajstić information content (AvgIpc) is 2.87. The molecule has 128 valence electrons. The molecule has 2 heterocycles. The Labute approximate surface area is 149 Å². The zero-order chi connectivity index (χ0) is 18.3. The van der Waals surface area contributed by atoms with Gasteiger partial charge in [0.2, 0.25) is 5.91 Å². The van der Waals surface area contributed by atoms with Crippen LogP contribution in [-0.4, -0.2) is 34.2 Å². The lowest BCUT2D eigenvalue weighted by Gasteiger charge is -2.14. The molecule has 0 unspecified atom stereocenters. The molecule has 3 aromatic rings. The summed E-state index contributed by atoms with van der Waals surface area (Å²) in [4.78, 5) is 42.4. The van der Waals surface area contributed by atoms with E-state index in [-0.39, 0.29) is 6.54 Å². The van der Waals surface area contributed by atoms with Gasteiger partial charge < -0.3 is 5.32 Å². The van der Waals surface area contributed by atoms with Gasteiger partial charge in [0, 0.05) is 11.6 Å². The Morgan fingerprint density at radius 2 is 1.73 bits per heavy atom. The number of hydrogen-bond donors (Lipinski definition) is 1. The van der Waals surface area contributed by atoms with Crippen LogP contribution in [0.25, 0.3) is 10.9 Å². The topological polar surface area (TPSA) is 79.4 Å². The van der Waals surface area contributed by atoms with Gasteiger partial charge in [0.1, 0.15) is 6.54 Å². The number of aromatic nitrogens is 1. The van der Waals surface area contributed by atoms with Gasteiger partial charge in [0.05, 0.1) is 22.3 Å². The van der Waals surface area contributed by atoms with Crippen molar-refractivity contribution in [2.24, 2.45) is 0 Å². The van der Waals surface area contributed by atoms with E-state index in [0.717, 1.165) is 21.4 Å². The molecule has 0 saturated heterocycles. The van der Waals surface area contributed by atoms with Crippen molar-refractivity contribution in [2.45, 2.75) is 6.92 Å². The number of rotatable bonds is 3. The summed E-state index contributed by atoms with van der Waals surface area (Å²) < 4.78 is 0. The molecule has 3 amide bonds. The minimum atomic E-state index is -0.448. The quantitative estimate of drug-likeness (QED) is 0.740. The van der Waals surface area contributed by atoms with Crippen LogP contribution in [-0.2, 0) is 4.79 Å². The Bertz CT molecular complexity index is 1040. The first-order valence-corrected chi connectivity index (χ1v) is 8.15. The van der Waals surface area contributed by atoms with Crippen molar-refractivity contribution >= 4 is 34.3 Å². The monoisotopic (exact) mass is 345 g/mol. The third-order valence-electron chi connectivity index (χ3n) is 4.35. The van der Waals surface area contributed by atoms with Crippen LogP contribution >= 0.6 is 0 Å². The van der Waals surface area contributed by atoms with Crippen molar-refractivity contribution in [2.75, 3.05) is 11.9 Å². The fraction of sp³-hybridized carbons (Fsp3) is 0.100. The number of imide groups is 1. The number of nitrogens with one attached hydrogen (secondary N) is 1. The predicted octanol–water partition coefficient (Wildman–Crippen LogP) is 2.78. The zero-order valence-corrected chi connectivity index (χ0v) is 14.0. The number of carbonyl (C=O) groups excluding carboxylic acids is 3. The Kier molecular flexibility index (Phi) is 3.73. The number of anilines is 1. The molecule has 6 nitrogen and oxygen atoms in total. The minimum absolute atomic E-state index is 0.329. The van der Waals surface area contributed by atoms with Gasteiger partial charge in [0.25, 0.3) is 11.8 Å². The number of benzene rings is 2. The molecular weight excluding hydrogens is 330 g/mol. The second-order valence-electron chi connectivity index (χ2n) is 6.17. The van der Waals surface area contributed by atoms with Crippen LogP contribution in [0.15, 0.2) is 54.7 Å². The van der Waals surface area contributed by atoms with E-state index in [1.807, 2.05) is 25.1 Å². The molecule has 0 fully saturated rings. The fourth-order valence-electron chi connectivity index (χ4n) is 3.09. The molecule has 1 aliphatic heterocycles. The number of aryl methyl sites for hydroxylation is 1. The molecule has 2 aromatic carbocycles. The molecule has 0 atom stereocenters. The minimum Gasteiger partial charge on any atom is -0.324 e. The van der Waals surface area contributed by atoms with Gasteiger partial charge in [-0.1, -0.05) is 23.8 Å². The first kappa shape index (κ1) is 16.0. The Morgan fingerprint density at radius 1 is 1.04 bits per heavy atom. The molecule has 1 aromatic heterocycles. The number of fused-ring (bicyclic) bond motifs is 2. The maximum absolute atomic E-state index is 12.5. The highest BCUT2D eigenvalue weighted by atomic mass is 16.2. The van der Waals surface area contributed by atoms with E-state index < -0.39 is 17.7 Å². The number of hydrogen-bond acceptors (Lipinski definition) is 4. The standard InChI is InChI=1S/C20H15N3O3/c1-12-6-7-16-15(10-12)17(8-9-21-16)22-18(24)11-23-19(25)13-4-2-3-5-14(13)20(23)26/h2-10H,11H2,1H3,(H,21,22,24). The molecule has 1 N–H and O–H groups in total. The van der Waals surface area contributed by atoms with Crippen LogP contribution < -0.4 is 5.32 Å². The Hall–Kier alpha value is -3.54. The van der Waals surface area contributed by atoms with E-state index in [4.69, 9.17) is 0 Å². The van der Waals surface area contributed by atoms with Crippen molar-refractivity contribution in [3.05, 3.63) is 71.4 Å². The largest absolute Gasteiger partial charge is 0.324 e. The van der Waals surface area contributed by atoms with Gasteiger partial charge in [0.15, 0.2) is 0 Å². The van der Waals surface area contributed by atoms with Crippen LogP contribution in [0.3, 0.4) is 0 Å². The van der Waals surface area contributed by atoms with E-state index >= 15 is 0 Å². The molecule has 0 bridgehead atoms. The Morgan fingerprint density at radius 3 is 2.42 bits per heavy atom. The van der Waals surface area contributed by atoms with Crippen LogP contribution in [0, 0.1) is 6.92 Å². The van der Waals surface area contributed by atoms with E-state index in [9.17, 15) is 14.4 Å². The third kappa shape index (κ3) is 2.61. The SMILES string of the molecule is Cc1ccc2nccc(NC(=O)CN3C(=O)c4ccccc4C3=O)c2c1. The van der Waals surface area contributed by atoms with Crippen molar-refractivity contribution in [3.8, 4) is 0 Å². The first-order chi connectivity index (χ1) is 12.5. The van der Waals surface area contributed by atoms with Gasteiger partial charge in [-0.15, -0.1) is 0 Å². The van der Waals surface area contributed by atoms with Gasteiger partial charge in [-0.25, -0.2) is 0 Å².